The molecule has 1 saturated carbocycles. The summed E-state index contributed by atoms with van der Waals surface area (Å²) in [4.78, 5) is 19.8. The Kier molecular flexibility index (Phi) is 4.57. The second-order valence-electron chi connectivity index (χ2n) is 6.97. The van der Waals surface area contributed by atoms with Crippen molar-refractivity contribution in [1.29, 1.82) is 0 Å². The quantitative estimate of drug-likeness (QED) is 0.878. The first-order valence-electron chi connectivity index (χ1n) is 9.32. The largest absolute Gasteiger partial charge is 0.376 e. The predicted molar refractivity (Wildman–Crippen MR) is 99.1 cm³/mol. The second-order valence-corrected chi connectivity index (χ2v) is 6.97. The van der Waals surface area contributed by atoms with Crippen molar-refractivity contribution in [3.05, 3.63) is 35.9 Å². The first-order chi connectivity index (χ1) is 12.2. The van der Waals surface area contributed by atoms with Crippen LogP contribution in [0.25, 0.3) is 10.9 Å². The third-order valence-electron chi connectivity index (χ3n) is 5.01. The highest BCUT2D eigenvalue weighted by atomic mass is 16.5. The number of nitrogens with zero attached hydrogens (tertiary/aromatic N) is 2. The molecule has 1 aliphatic heterocycles. The number of hydrogen-bond acceptors (Lipinski definition) is 4. The molecular formula is C20H25N3O2. The van der Waals surface area contributed by atoms with Crippen molar-refractivity contribution in [2.24, 2.45) is 0 Å². The number of carbonyl (C=O) groups excluding carboxylic acids is 1. The van der Waals surface area contributed by atoms with E-state index in [2.05, 4.69) is 17.1 Å². The number of pyridine rings is 1. The number of likely N-dealkylation sites (N-methyl/N-ethyl adjacent to an activating group) is 1. The number of hydrogen-bond donors (Lipinski definition) is 1. The lowest BCUT2D eigenvalue weighted by Gasteiger charge is -2.26. The molecule has 5 heteroatoms. The number of ether oxygens (including phenoxy) is 1. The van der Waals surface area contributed by atoms with E-state index in [4.69, 9.17) is 9.72 Å². The van der Waals surface area contributed by atoms with Gasteiger partial charge in [-0.25, -0.2) is 4.98 Å². The number of nitrogens with one attached hydrogen (secondary N) is 1. The Morgan fingerprint density at radius 1 is 1.32 bits per heavy atom. The van der Waals surface area contributed by atoms with Crippen LogP contribution in [0.4, 0.5) is 5.82 Å². The summed E-state index contributed by atoms with van der Waals surface area (Å²) < 4.78 is 5.78. The average Bonchev–Trinajstić information content (AvgIpc) is 3.30. The number of benzene rings is 1. The van der Waals surface area contributed by atoms with Crippen LogP contribution in [-0.2, 0) is 4.74 Å². The van der Waals surface area contributed by atoms with E-state index in [-0.39, 0.29) is 12.0 Å². The van der Waals surface area contributed by atoms with Crippen molar-refractivity contribution in [2.45, 2.75) is 44.8 Å². The van der Waals surface area contributed by atoms with Crippen LogP contribution in [0.5, 0.6) is 0 Å². The summed E-state index contributed by atoms with van der Waals surface area (Å²) in [6.45, 7) is 4.64. The number of amides is 1. The van der Waals surface area contributed by atoms with Crippen molar-refractivity contribution < 1.29 is 9.53 Å². The van der Waals surface area contributed by atoms with Gasteiger partial charge >= 0.3 is 0 Å². The number of fused-ring (bicyclic) bond motifs is 1. The number of rotatable bonds is 6. The molecule has 2 aromatic rings. The summed E-state index contributed by atoms with van der Waals surface area (Å²) in [5.41, 5.74) is 1.59. The van der Waals surface area contributed by atoms with Gasteiger partial charge in [-0.2, -0.15) is 0 Å². The van der Waals surface area contributed by atoms with Crippen LogP contribution in [0.3, 0.4) is 0 Å². The molecule has 1 unspecified atom stereocenters. The summed E-state index contributed by atoms with van der Waals surface area (Å²) in [5, 5.41) is 4.02. The molecule has 132 valence electrons. The Bertz CT molecular complexity index is 767. The standard InChI is InChI=1S/C20H25N3O2/c1-2-23(13-15-6-5-11-25-15)19-12-17(20(24)21-14-9-10-14)16-7-3-4-8-18(16)22-19/h3-4,7-8,12,14-15H,2,5-6,9-11,13H2,1H3,(H,21,24). The lowest BCUT2D eigenvalue weighted by Crippen LogP contribution is -2.33. The SMILES string of the molecule is CCN(CC1CCCO1)c1cc(C(=O)NC2CC2)c2ccccc2n1. The molecule has 1 aromatic carbocycles. The maximum Gasteiger partial charge on any atom is 0.252 e. The molecular weight excluding hydrogens is 314 g/mol. The van der Waals surface area contributed by atoms with Crippen molar-refractivity contribution in [1.82, 2.24) is 10.3 Å². The minimum Gasteiger partial charge on any atom is -0.376 e. The van der Waals surface area contributed by atoms with Gasteiger partial charge in [-0.1, -0.05) is 18.2 Å². The van der Waals surface area contributed by atoms with Crippen LogP contribution >= 0.6 is 0 Å². The fourth-order valence-electron chi connectivity index (χ4n) is 3.42. The molecule has 1 aliphatic carbocycles. The van der Waals surface area contributed by atoms with E-state index in [1.54, 1.807) is 0 Å². The zero-order valence-corrected chi connectivity index (χ0v) is 14.7. The topological polar surface area (TPSA) is 54.5 Å². The highest BCUT2D eigenvalue weighted by molar-refractivity contribution is 6.07. The summed E-state index contributed by atoms with van der Waals surface area (Å²) in [7, 11) is 0. The fourth-order valence-corrected chi connectivity index (χ4v) is 3.42. The fraction of sp³-hybridized carbons (Fsp3) is 0.500. The first kappa shape index (κ1) is 16.3. The molecule has 1 aromatic heterocycles. The Hall–Kier alpha value is -2.14. The normalized spacial score (nSPS) is 20.0. The monoisotopic (exact) mass is 339 g/mol. The van der Waals surface area contributed by atoms with Crippen molar-refractivity contribution in [2.75, 3.05) is 24.6 Å². The molecule has 0 spiro atoms. The van der Waals surface area contributed by atoms with E-state index in [1.807, 2.05) is 30.3 Å². The van der Waals surface area contributed by atoms with Gasteiger partial charge in [0.1, 0.15) is 5.82 Å². The van der Waals surface area contributed by atoms with Gasteiger partial charge in [-0.05, 0) is 44.7 Å². The van der Waals surface area contributed by atoms with E-state index in [1.165, 1.54) is 0 Å². The van der Waals surface area contributed by atoms with Gasteiger partial charge in [0.15, 0.2) is 0 Å². The molecule has 1 saturated heterocycles. The third kappa shape index (κ3) is 3.61. The van der Waals surface area contributed by atoms with Crippen LogP contribution in [-0.4, -0.2) is 42.7 Å². The maximum atomic E-state index is 12.7. The first-order valence-corrected chi connectivity index (χ1v) is 9.32. The van der Waals surface area contributed by atoms with Gasteiger partial charge in [-0.3, -0.25) is 4.79 Å². The van der Waals surface area contributed by atoms with Crippen molar-refractivity contribution in [3.8, 4) is 0 Å². The lowest BCUT2D eigenvalue weighted by atomic mass is 10.1. The van der Waals surface area contributed by atoms with E-state index < -0.39 is 0 Å². The molecule has 2 heterocycles. The van der Waals surface area contributed by atoms with Gasteiger partial charge in [-0.15, -0.1) is 0 Å². The Morgan fingerprint density at radius 3 is 2.88 bits per heavy atom. The second kappa shape index (κ2) is 7.00. The molecule has 1 amide bonds. The number of aromatic nitrogens is 1. The van der Waals surface area contributed by atoms with E-state index in [0.29, 0.717) is 6.04 Å². The molecule has 5 nitrogen and oxygen atoms in total. The van der Waals surface area contributed by atoms with E-state index in [0.717, 1.165) is 67.7 Å². The third-order valence-corrected chi connectivity index (χ3v) is 5.01. The van der Waals surface area contributed by atoms with Gasteiger partial charge in [0.2, 0.25) is 0 Å². The molecule has 1 atom stereocenters. The highest BCUT2D eigenvalue weighted by Gasteiger charge is 2.26. The van der Waals surface area contributed by atoms with Crippen LogP contribution in [0.1, 0.15) is 43.0 Å². The van der Waals surface area contributed by atoms with Crippen LogP contribution in [0, 0.1) is 0 Å². The summed E-state index contributed by atoms with van der Waals surface area (Å²) in [5.74, 6) is 0.869. The number of anilines is 1. The summed E-state index contributed by atoms with van der Waals surface area (Å²) >= 11 is 0. The van der Waals surface area contributed by atoms with Crippen LogP contribution in [0.2, 0.25) is 0 Å². The molecule has 2 fully saturated rings. The van der Waals surface area contributed by atoms with Crippen LogP contribution in [0.15, 0.2) is 30.3 Å². The zero-order valence-electron chi connectivity index (χ0n) is 14.7. The Labute approximate surface area is 148 Å². The van der Waals surface area contributed by atoms with Gasteiger partial charge < -0.3 is 15.0 Å². The van der Waals surface area contributed by atoms with Crippen molar-refractivity contribution in [3.63, 3.8) is 0 Å². The molecule has 2 aliphatic rings. The molecule has 0 radical (unpaired) electrons. The van der Waals surface area contributed by atoms with Crippen LogP contribution < -0.4 is 10.2 Å². The molecule has 25 heavy (non-hydrogen) atoms. The van der Waals surface area contributed by atoms with Gasteiger partial charge in [0.05, 0.1) is 17.2 Å². The summed E-state index contributed by atoms with van der Waals surface area (Å²) in [6, 6.07) is 10.2. The Balaban J connectivity index is 1.68. The van der Waals surface area contributed by atoms with E-state index in [9.17, 15) is 4.79 Å². The smallest absolute Gasteiger partial charge is 0.252 e. The van der Waals surface area contributed by atoms with Gasteiger partial charge in [0.25, 0.3) is 5.91 Å². The predicted octanol–water partition coefficient (Wildman–Crippen LogP) is 3.13. The van der Waals surface area contributed by atoms with Gasteiger partial charge in [0, 0.05) is 31.1 Å². The van der Waals surface area contributed by atoms with E-state index >= 15 is 0 Å². The number of carbonyl (C=O) groups is 1. The molecule has 0 bridgehead atoms. The molecule has 1 N–H and O–H groups in total. The minimum absolute atomic E-state index is 0.00974. The zero-order chi connectivity index (χ0) is 17.2. The highest BCUT2D eigenvalue weighted by Crippen LogP contribution is 2.26. The Morgan fingerprint density at radius 2 is 2.16 bits per heavy atom. The van der Waals surface area contributed by atoms with Crippen molar-refractivity contribution >= 4 is 22.6 Å². The maximum absolute atomic E-state index is 12.7. The average molecular weight is 339 g/mol. The number of para-hydroxylation sites is 1. The summed E-state index contributed by atoms with van der Waals surface area (Å²) in [6.07, 6.45) is 4.65. The molecule has 4 rings (SSSR count). The lowest BCUT2D eigenvalue weighted by molar-refractivity contribution is 0.0952. The minimum atomic E-state index is 0.00974.